The minimum absolute atomic E-state index is 0.0456. The molecule has 1 aromatic rings. The monoisotopic (exact) mass is 384 g/mol. The summed E-state index contributed by atoms with van der Waals surface area (Å²) in [4.78, 5) is 20.9. The van der Waals surface area contributed by atoms with E-state index < -0.39 is 7.94 Å². The first-order chi connectivity index (χ1) is 11.9. The van der Waals surface area contributed by atoms with Crippen molar-refractivity contribution in [1.82, 2.24) is 0 Å². The van der Waals surface area contributed by atoms with Crippen molar-refractivity contribution in [2.24, 2.45) is 0 Å². The van der Waals surface area contributed by atoms with E-state index in [1.54, 1.807) is 0 Å². The third-order valence-electron chi connectivity index (χ3n) is 4.78. The van der Waals surface area contributed by atoms with Gasteiger partial charge in [0.2, 0.25) is 0 Å². The Bertz CT molecular complexity index is 553. The number of hydrogen-bond acceptors (Lipinski definition) is 3. The van der Waals surface area contributed by atoms with Crippen LogP contribution >= 0.6 is 7.94 Å². The molecule has 0 bridgehead atoms. The van der Waals surface area contributed by atoms with Gasteiger partial charge in [-0.15, -0.1) is 0 Å². The molecule has 0 fully saturated rings. The molecule has 0 saturated heterocycles. The van der Waals surface area contributed by atoms with Gasteiger partial charge in [0, 0.05) is 0 Å². The summed E-state index contributed by atoms with van der Waals surface area (Å²) < 4.78 is 5.80. The van der Waals surface area contributed by atoms with Crippen LogP contribution in [-0.2, 0) is 10.8 Å². The van der Waals surface area contributed by atoms with E-state index in [0.717, 1.165) is 24.8 Å². The van der Waals surface area contributed by atoms with Crippen molar-refractivity contribution >= 4 is 7.94 Å². The van der Waals surface area contributed by atoms with E-state index in [1.807, 2.05) is 12.1 Å². The summed E-state index contributed by atoms with van der Waals surface area (Å²) in [6, 6.07) is 6.11. The Morgan fingerprint density at radius 1 is 0.846 bits per heavy atom. The summed E-state index contributed by atoms with van der Waals surface area (Å²) in [5.41, 5.74) is 2.19. The molecule has 0 aliphatic heterocycles. The molecule has 1 rings (SSSR count). The zero-order valence-electron chi connectivity index (χ0n) is 18.0. The summed E-state index contributed by atoms with van der Waals surface area (Å²) in [7, 11) is -3.69. The fraction of sp³-hybridized carbons (Fsp3) is 0.727. The summed E-state index contributed by atoms with van der Waals surface area (Å²) >= 11 is 0. The Morgan fingerprint density at radius 3 is 1.96 bits per heavy atom. The van der Waals surface area contributed by atoms with Crippen molar-refractivity contribution in [1.29, 1.82) is 0 Å². The first-order valence-electron chi connectivity index (χ1n) is 10.2. The first-order valence-corrected chi connectivity index (χ1v) is 12.2. The van der Waals surface area contributed by atoms with Crippen molar-refractivity contribution in [2.45, 2.75) is 97.8 Å². The minimum atomic E-state index is -3.69. The van der Waals surface area contributed by atoms with Crippen LogP contribution < -0.4 is 4.52 Å². The van der Waals surface area contributed by atoms with E-state index >= 15 is 0 Å². The van der Waals surface area contributed by atoms with Crippen LogP contribution in [0.1, 0.15) is 98.1 Å². The number of benzene rings is 1. The molecule has 0 spiro atoms. The van der Waals surface area contributed by atoms with Gasteiger partial charge < -0.3 is 0 Å². The Kier molecular flexibility index (Phi) is 8.58. The van der Waals surface area contributed by atoms with Crippen LogP contribution in [0.15, 0.2) is 18.2 Å². The van der Waals surface area contributed by atoms with E-state index in [9.17, 15) is 9.79 Å². The third-order valence-corrected chi connectivity index (χ3v) is 6.33. The van der Waals surface area contributed by atoms with Crippen molar-refractivity contribution in [2.75, 3.05) is 6.16 Å². The zero-order valence-corrected chi connectivity index (χ0v) is 19.0. The average Bonchev–Trinajstić information content (AvgIpc) is 2.48. The van der Waals surface area contributed by atoms with Crippen LogP contribution in [-0.4, -0.2) is 15.9 Å². The second-order valence-corrected chi connectivity index (χ2v) is 11.8. The molecule has 1 aromatic carbocycles. The quantitative estimate of drug-likeness (QED) is 0.377. The second-order valence-electron chi connectivity index (χ2n) is 9.57. The van der Waals surface area contributed by atoms with Crippen molar-refractivity contribution in [3.8, 4) is 5.75 Å². The Morgan fingerprint density at radius 2 is 1.42 bits per heavy atom. The van der Waals surface area contributed by atoms with Gasteiger partial charge in [-0.2, -0.15) is 0 Å². The molecule has 0 amide bonds. The molecule has 0 aliphatic rings. The predicted molar refractivity (Wildman–Crippen MR) is 115 cm³/mol. The van der Waals surface area contributed by atoms with Crippen LogP contribution in [0, 0.1) is 0 Å². The van der Waals surface area contributed by atoms with Gasteiger partial charge in [0.15, 0.2) is 0 Å². The zero-order chi connectivity index (χ0) is 20.0. The molecule has 0 unspecified atom stereocenters. The SMILES string of the molecule is CCCCCCCC[PH](O)(O)Oc1ccc(C(C)(C)C)cc1C(C)(C)C. The first kappa shape index (κ1) is 23.4. The van der Waals surface area contributed by atoms with Gasteiger partial charge in [0.1, 0.15) is 0 Å². The molecule has 0 saturated carbocycles. The summed E-state index contributed by atoms with van der Waals surface area (Å²) in [5.74, 6) is 0.619. The van der Waals surface area contributed by atoms with Gasteiger partial charge in [-0.1, -0.05) is 0 Å². The van der Waals surface area contributed by atoms with E-state index in [-0.39, 0.29) is 10.8 Å². The maximum absolute atomic E-state index is 10.5. The summed E-state index contributed by atoms with van der Waals surface area (Å²) in [5, 5.41) is 0. The normalized spacial score (nSPS) is 13.7. The molecule has 0 aromatic heterocycles. The van der Waals surface area contributed by atoms with Crippen molar-refractivity contribution in [3.05, 3.63) is 29.3 Å². The van der Waals surface area contributed by atoms with Gasteiger partial charge in [-0.3, -0.25) is 0 Å². The Hall–Kier alpha value is -0.630. The molecule has 152 valence electrons. The third kappa shape index (κ3) is 7.94. The van der Waals surface area contributed by atoms with E-state index in [1.165, 1.54) is 24.8 Å². The topological polar surface area (TPSA) is 49.7 Å². The van der Waals surface area contributed by atoms with Crippen LogP contribution in [0.2, 0.25) is 0 Å². The van der Waals surface area contributed by atoms with Gasteiger partial charge in [0.05, 0.1) is 0 Å². The van der Waals surface area contributed by atoms with Gasteiger partial charge in [-0.25, -0.2) is 0 Å². The van der Waals surface area contributed by atoms with Crippen LogP contribution in [0.4, 0.5) is 0 Å². The summed E-state index contributed by atoms with van der Waals surface area (Å²) in [6.45, 7) is 15.2. The summed E-state index contributed by atoms with van der Waals surface area (Å²) in [6.07, 6.45) is 7.08. The Balaban J connectivity index is 2.84. The second kappa shape index (κ2) is 9.53. The molecule has 26 heavy (non-hydrogen) atoms. The van der Waals surface area contributed by atoms with E-state index in [0.29, 0.717) is 11.9 Å². The fourth-order valence-corrected chi connectivity index (χ4v) is 4.38. The predicted octanol–water partition coefficient (Wildman–Crippen LogP) is 6.50. The molecule has 0 aliphatic carbocycles. The standard InChI is InChI=1S/C22H41O3P/c1-8-9-10-11-12-13-16-26(23,24)25-20-15-14-18(21(2,3)4)17-19(20)22(5,6)7/h14-15,17,23-24,26H,8-13,16H2,1-7H3. The van der Waals surface area contributed by atoms with E-state index in [4.69, 9.17) is 4.52 Å². The molecule has 3 nitrogen and oxygen atoms in total. The number of hydrogen-bond donors (Lipinski definition) is 2. The molecule has 0 heterocycles. The van der Waals surface area contributed by atoms with Gasteiger partial charge in [0.25, 0.3) is 0 Å². The van der Waals surface area contributed by atoms with Gasteiger partial charge in [-0.05, 0) is 0 Å². The molecule has 4 heteroatoms. The molecular weight excluding hydrogens is 343 g/mol. The fourth-order valence-electron chi connectivity index (χ4n) is 3.03. The molecular formula is C22H41O3P. The molecule has 0 radical (unpaired) electrons. The molecule has 0 atom stereocenters. The van der Waals surface area contributed by atoms with Crippen LogP contribution in [0.5, 0.6) is 5.75 Å². The molecule has 2 N–H and O–H groups in total. The van der Waals surface area contributed by atoms with Crippen LogP contribution in [0.3, 0.4) is 0 Å². The number of rotatable bonds is 9. The maximum atomic E-state index is 10.5. The van der Waals surface area contributed by atoms with Crippen LogP contribution in [0.25, 0.3) is 0 Å². The van der Waals surface area contributed by atoms with Gasteiger partial charge >= 0.3 is 161 Å². The number of unbranched alkanes of at least 4 members (excludes halogenated alkanes) is 5. The average molecular weight is 385 g/mol. The van der Waals surface area contributed by atoms with E-state index in [2.05, 4.69) is 54.5 Å². The van der Waals surface area contributed by atoms with Crippen molar-refractivity contribution in [3.63, 3.8) is 0 Å². The van der Waals surface area contributed by atoms with Crippen molar-refractivity contribution < 1.29 is 14.3 Å². The Labute approximate surface area is 161 Å².